The highest BCUT2D eigenvalue weighted by molar-refractivity contribution is 4.57. The molecule has 3 N–H and O–H groups in total. The van der Waals surface area contributed by atoms with Gasteiger partial charge in [-0.25, -0.2) is 0 Å². The highest BCUT2D eigenvalue weighted by Crippen LogP contribution is 2.02. The molecule has 18 heavy (non-hydrogen) atoms. The molecule has 0 rings (SSSR count). The van der Waals surface area contributed by atoms with E-state index < -0.39 is 0 Å². The first-order chi connectivity index (χ1) is 8.74. The average Bonchev–Trinajstić information content (AvgIpc) is 2.34. The van der Waals surface area contributed by atoms with Crippen LogP contribution in [0.15, 0.2) is 0 Å². The van der Waals surface area contributed by atoms with Crippen molar-refractivity contribution in [2.24, 2.45) is 0 Å². The van der Waals surface area contributed by atoms with Crippen molar-refractivity contribution in [3.8, 4) is 0 Å². The maximum atomic E-state index is 8.87. The number of aliphatic hydroxyl groups is 3. The zero-order chi connectivity index (χ0) is 13.6. The second kappa shape index (κ2) is 13.2. The molecular formula is C13H30N2O3. The van der Waals surface area contributed by atoms with Crippen LogP contribution in [0.3, 0.4) is 0 Å². The van der Waals surface area contributed by atoms with Gasteiger partial charge in [-0.1, -0.05) is 12.8 Å². The van der Waals surface area contributed by atoms with Crippen LogP contribution in [0.25, 0.3) is 0 Å². The summed E-state index contributed by atoms with van der Waals surface area (Å²) in [5.74, 6) is 0. The summed E-state index contributed by atoms with van der Waals surface area (Å²) in [6.07, 6.45) is 4.66. The van der Waals surface area contributed by atoms with Gasteiger partial charge in [-0.3, -0.25) is 4.90 Å². The van der Waals surface area contributed by atoms with E-state index >= 15 is 0 Å². The Kier molecular flexibility index (Phi) is 13.1. The van der Waals surface area contributed by atoms with Gasteiger partial charge in [0.15, 0.2) is 0 Å². The molecule has 0 aliphatic rings. The molecule has 0 aliphatic heterocycles. The monoisotopic (exact) mass is 262 g/mol. The standard InChI is InChI=1S/C13H30N2O3/c1-14(8-11-16)6-4-2-3-5-7-15(9-12-17)10-13-18/h16-18H,2-13H2,1H3. The Hall–Kier alpha value is -0.200. The summed E-state index contributed by atoms with van der Waals surface area (Å²) in [6.45, 7) is 4.59. The molecule has 0 saturated heterocycles. The molecule has 5 heteroatoms. The largest absolute Gasteiger partial charge is 0.395 e. The Morgan fingerprint density at radius 1 is 0.611 bits per heavy atom. The number of hydrogen-bond donors (Lipinski definition) is 3. The van der Waals surface area contributed by atoms with Crippen molar-refractivity contribution in [1.82, 2.24) is 9.80 Å². The van der Waals surface area contributed by atoms with Crippen LogP contribution in [-0.2, 0) is 0 Å². The maximum absolute atomic E-state index is 8.87. The smallest absolute Gasteiger partial charge is 0.0558 e. The number of hydrogen-bond acceptors (Lipinski definition) is 5. The Morgan fingerprint density at radius 2 is 1.11 bits per heavy atom. The van der Waals surface area contributed by atoms with E-state index in [0.717, 1.165) is 32.5 Å². The Morgan fingerprint density at radius 3 is 1.61 bits per heavy atom. The zero-order valence-corrected chi connectivity index (χ0v) is 11.7. The van der Waals surface area contributed by atoms with Gasteiger partial charge in [-0.2, -0.15) is 0 Å². The van der Waals surface area contributed by atoms with Crippen molar-refractivity contribution in [1.29, 1.82) is 0 Å². The maximum Gasteiger partial charge on any atom is 0.0558 e. The van der Waals surface area contributed by atoms with Crippen molar-refractivity contribution >= 4 is 0 Å². The summed E-state index contributed by atoms with van der Waals surface area (Å²) in [7, 11) is 2.03. The lowest BCUT2D eigenvalue weighted by molar-refractivity contribution is 0.159. The number of rotatable bonds is 13. The van der Waals surface area contributed by atoms with Crippen LogP contribution in [0.1, 0.15) is 25.7 Å². The molecule has 0 unspecified atom stereocenters. The van der Waals surface area contributed by atoms with E-state index in [9.17, 15) is 0 Å². The number of nitrogens with zero attached hydrogens (tertiary/aromatic N) is 2. The summed E-state index contributed by atoms with van der Waals surface area (Å²) in [5, 5.41) is 26.5. The third-order valence-corrected chi connectivity index (χ3v) is 3.08. The Labute approximate surface area is 111 Å². The summed E-state index contributed by atoms with van der Waals surface area (Å²) in [5.41, 5.74) is 0. The molecule has 0 fully saturated rings. The Balaban J connectivity index is 3.36. The summed E-state index contributed by atoms with van der Waals surface area (Å²) in [4.78, 5) is 4.24. The summed E-state index contributed by atoms with van der Waals surface area (Å²) in [6, 6.07) is 0. The van der Waals surface area contributed by atoms with Crippen LogP contribution in [-0.4, -0.2) is 84.7 Å². The molecule has 0 bridgehead atoms. The minimum atomic E-state index is 0.159. The minimum Gasteiger partial charge on any atom is -0.395 e. The molecule has 5 nitrogen and oxygen atoms in total. The van der Waals surface area contributed by atoms with Gasteiger partial charge in [0.05, 0.1) is 19.8 Å². The van der Waals surface area contributed by atoms with Crippen molar-refractivity contribution in [3.05, 3.63) is 0 Å². The van der Waals surface area contributed by atoms with E-state index in [1.54, 1.807) is 0 Å². The predicted molar refractivity (Wildman–Crippen MR) is 73.7 cm³/mol. The van der Waals surface area contributed by atoms with E-state index in [4.69, 9.17) is 15.3 Å². The van der Waals surface area contributed by atoms with Gasteiger partial charge in [-0.15, -0.1) is 0 Å². The van der Waals surface area contributed by atoms with Crippen LogP contribution >= 0.6 is 0 Å². The van der Waals surface area contributed by atoms with Crippen LogP contribution in [0.5, 0.6) is 0 Å². The number of unbranched alkanes of at least 4 members (excludes halogenated alkanes) is 3. The van der Waals surface area contributed by atoms with Gasteiger partial charge in [0.2, 0.25) is 0 Å². The number of likely N-dealkylation sites (N-methyl/N-ethyl adjacent to an activating group) is 1. The normalized spacial score (nSPS) is 11.7. The topological polar surface area (TPSA) is 67.2 Å². The van der Waals surface area contributed by atoms with Gasteiger partial charge >= 0.3 is 0 Å². The fourth-order valence-corrected chi connectivity index (χ4v) is 1.97. The molecule has 0 aliphatic carbocycles. The molecule has 0 spiro atoms. The lowest BCUT2D eigenvalue weighted by Crippen LogP contribution is -2.30. The zero-order valence-electron chi connectivity index (χ0n) is 11.7. The molecule has 0 heterocycles. The molecular weight excluding hydrogens is 232 g/mol. The first-order valence-electron chi connectivity index (χ1n) is 6.98. The SMILES string of the molecule is CN(CCO)CCCCCCN(CCO)CCO. The van der Waals surface area contributed by atoms with Crippen molar-refractivity contribution in [3.63, 3.8) is 0 Å². The van der Waals surface area contributed by atoms with Gasteiger partial charge in [0.25, 0.3) is 0 Å². The van der Waals surface area contributed by atoms with E-state index in [-0.39, 0.29) is 19.8 Å². The van der Waals surface area contributed by atoms with E-state index in [0.29, 0.717) is 13.1 Å². The lowest BCUT2D eigenvalue weighted by atomic mass is 10.2. The summed E-state index contributed by atoms with van der Waals surface area (Å²) >= 11 is 0. The average molecular weight is 262 g/mol. The minimum absolute atomic E-state index is 0.159. The van der Waals surface area contributed by atoms with E-state index in [1.165, 1.54) is 12.8 Å². The second-order valence-corrected chi connectivity index (χ2v) is 4.73. The fourth-order valence-electron chi connectivity index (χ4n) is 1.97. The Bertz CT molecular complexity index is 164. The second-order valence-electron chi connectivity index (χ2n) is 4.73. The van der Waals surface area contributed by atoms with Gasteiger partial charge in [0, 0.05) is 19.6 Å². The van der Waals surface area contributed by atoms with Crippen LogP contribution in [0, 0.1) is 0 Å². The molecule has 0 aromatic carbocycles. The van der Waals surface area contributed by atoms with Crippen LogP contribution in [0.4, 0.5) is 0 Å². The van der Waals surface area contributed by atoms with Crippen LogP contribution < -0.4 is 0 Å². The van der Waals surface area contributed by atoms with Crippen LogP contribution in [0.2, 0.25) is 0 Å². The first kappa shape index (κ1) is 17.8. The third-order valence-electron chi connectivity index (χ3n) is 3.08. The molecule has 0 aromatic rings. The van der Waals surface area contributed by atoms with Gasteiger partial charge < -0.3 is 20.2 Å². The molecule has 110 valence electrons. The van der Waals surface area contributed by atoms with Gasteiger partial charge in [-0.05, 0) is 33.0 Å². The van der Waals surface area contributed by atoms with E-state index in [2.05, 4.69) is 9.80 Å². The van der Waals surface area contributed by atoms with Crippen molar-refractivity contribution in [2.75, 3.05) is 59.6 Å². The molecule has 0 radical (unpaired) electrons. The summed E-state index contributed by atoms with van der Waals surface area (Å²) < 4.78 is 0. The van der Waals surface area contributed by atoms with Crippen molar-refractivity contribution in [2.45, 2.75) is 25.7 Å². The quantitative estimate of drug-likeness (QED) is 0.400. The molecule has 0 aromatic heterocycles. The van der Waals surface area contributed by atoms with Gasteiger partial charge in [0.1, 0.15) is 0 Å². The third kappa shape index (κ3) is 10.9. The lowest BCUT2D eigenvalue weighted by Gasteiger charge is -2.20. The highest BCUT2D eigenvalue weighted by Gasteiger charge is 2.03. The first-order valence-corrected chi connectivity index (χ1v) is 6.98. The predicted octanol–water partition coefficient (Wildman–Crippen LogP) is -0.242. The van der Waals surface area contributed by atoms with Crippen molar-refractivity contribution < 1.29 is 15.3 Å². The fraction of sp³-hybridized carbons (Fsp3) is 1.00. The number of aliphatic hydroxyl groups excluding tert-OH is 3. The van der Waals surface area contributed by atoms with E-state index in [1.807, 2.05) is 7.05 Å². The highest BCUT2D eigenvalue weighted by atomic mass is 16.3. The molecule has 0 saturated carbocycles. The molecule has 0 amide bonds. The molecule has 0 atom stereocenters.